The lowest BCUT2D eigenvalue weighted by Crippen LogP contribution is -2.00. The summed E-state index contributed by atoms with van der Waals surface area (Å²) in [5.41, 5.74) is 0.502. The van der Waals surface area contributed by atoms with Gasteiger partial charge >= 0.3 is 5.69 Å². The predicted octanol–water partition coefficient (Wildman–Crippen LogP) is 4.04. The van der Waals surface area contributed by atoms with Crippen LogP contribution in [0.15, 0.2) is 41.3 Å². The first-order chi connectivity index (χ1) is 10.5. The molecule has 0 saturated carbocycles. The van der Waals surface area contributed by atoms with Gasteiger partial charge in [-0.1, -0.05) is 6.07 Å². The van der Waals surface area contributed by atoms with Gasteiger partial charge in [-0.2, -0.15) is 0 Å². The Morgan fingerprint density at radius 1 is 1.23 bits per heavy atom. The van der Waals surface area contributed by atoms with E-state index in [9.17, 15) is 14.5 Å². The van der Waals surface area contributed by atoms with Crippen LogP contribution in [-0.4, -0.2) is 18.3 Å². The average molecular weight is 323 g/mol. The lowest BCUT2D eigenvalue weighted by Gasteiger charge is -2.10. The lowest BCUT2D eigenvalue weighted by molar-refractivity contribution is -0.386. The molecule has 2 rings (SSSR count). The lowest BCUT2D eigenvalue weighted by atomic mass is 10.2. The summed E-state index contributed by atoms with van der Waals surface area (Å²) in [5, 5.41) is 10.9. The third-order valence-electron chi connectivity index (χ3n) is 2.96. The molecule has 5 nitrogen and oxygen atoms in total. The molecule has 2 aromatic rings. The zero-order valence-electron chi connectivity index (χ0n) is 12.0. The van der Waals surface area contributed by atoms with Gasteiger partial charge in [-0.15, -0.1) is 11.8 Å². The van der Waals surface area contributed by atoms with E-state index in [0.717, 1.165) is 28.7 Å². The second-order valence-electron chi connectivity index (χ2n) is 4.35. The summed E-state index contributed by atoms with van der Waals surface area (Å²) >= 11 is 1.55. The fraction of sp³-hybridized carbons (Fsp3) is 0.200. The van der Waals surface area contributed by atoms with Crippen LogP contribution in [0.4, 0.5) is 10.1 Å². The topological polar surface area (TPSA) is 61.6 Å². The Morgan fingerprint density at radius 3 is 2.64 bits per heavy atom. The molecule has 0 fully saturated rings. The highest BCUT2D eigenvalue weighted by Crippen LogP contribution is 2.31. The number of nitrogens with zero attached hydrogens (tertiary/aromatic N) is 1. The molecule has 0 atom stereocenters. The number of hydrogen-bond donors (Lipinski definition) is 0. The minimum absolute atomic E-state index is 0.0787. The standard InChI is InChI=1S/C15H14FNO4S/c1-20-14-7-10(3-6-15(14)22-2)9-21-13-8-11(16)4-5-12(13)17(18)19/h3-8H,9H2,1-2H3. The minimum atomic E-state index is -0.605. The molecule has 0 N–H and O–H groups in total. The van der Waals surface area contributed by atoms with Crippen molar-refractivity contribution in [2.45, 2.75) is 11.5 Å². The third kappa shape index (κ3) is 3.67. The van der Waals surface area contributed by atoms with Gasteiger partial charge in [0.05, 0.1) is 12.0 Å². The average Bonchev–Trinajstić information content (AvgIpc) is 2.52. The summed E-state index contributed by atoms with van der Waals surface area (Å²) in [5.74, 6) is 0.0103. The van der Waals surface area contributed by atoms with Crippen LogP contribution < -0.4 is 9.47 Å². The summed E-state index contributed by atoms with van der Waals surface area (Å²) in [6, 6.07) is 8.62. The highest BCUT2D eigenvalue weighted by atomic mass is 32.2. The van der Waals surface area contributed by atoms with E-state index in [0.29, 0.717) is 5.75 Å². The molecule has 0 aromatic heterocycles. The largest absolute Gasteiger partial charge is 0.496 e. The van der Waals surface area contributed by atoms with Crippen molar-refractivity contribution in [1.29, 1.82) is 0 Å². The van der Waals surface area contributed by atoms with E-state index in [1.54, 1.807) is 24.9 Å². The van der Waals surface area contributed by atoms with Crippen LogP contribution >= 0.6 is 11.8 Å². The number of methoxy groups -OCH3 is 1. The van der Waals surface area contributed by atoms with Crippen molar-refractivity contribution in [3.05, 3.63) is 57.9 Å². The molecule has 0 spiro atoms. The van der Waals surface area contributed by atoms with Crippen LogP contribution in [-0.2, 0) is 6.61 Å². The molecule has 0 aliphatic carbocycles. The van der Waals surface area contributed by atoms with Crippen molar-refractivity contribution in [2.24, 2.45) is 0 Å². The molecule has 0 unspecified atom stereocenters. The third-order valence-corrected chi connectivity index (χ3v) is 3.74. The Labute approximate surface area is 131 Å². The smallest absolute Gasteiger partial charge is 0.311 e. The molecule has 0 aliphatic rings. The zero-order valence-corrected chi connectivity index (χ0v) is 12.9. The number of nitro benzene ring substituents is 1. The van der Waals surface area contributed by atoms with E-state index >= 15 is 0 Å². The van der Waals surface area contributed by atoms with E-state index < -0.39 is 10.7 Å². The quantitative estimate of drug-likeness (QED) is 0.456. The van der Waals surface area contributed by atoms with Crippen molar-refractivity contribution in [3.8, 4) is 11.5 Å². The van der Waals surface area contributed by atoms with Gasteiger partial charge in [0.2, 0.25) is 0 Å². The highest BCUT2D eigenvalue weighted by Gasteiger charge is 2.16. The first-order valence-corrected chi connectivity index (χ1v) is 7.55. The summed E-state index contributed by atoms with van der Waals surface area (Å²) in [6.07, 6.45) is 1.93. The van der Waals surface area contributed by atoms with Gasteiger partial charge in [0.1, 0.15) is 18.2 Å². The fourth-order valence-electron chi connectivity index (χ4n) is 1.89. The number of hydrogen-bond acceptors (Lipinski definition) is 5. The summed E-state index contributed by atoms with van der Waals surface area (Å²) in [4.78, 5) is 11.3. The molecule has 0 radical (unpaired) electrons. The highest BCUT2D eigenvalue weighted by molar-refractivity contribution is 7.98. The van der Waals surface area contributed by atoms with Gasteiger partial charge in [-0.25, -0.2) is 4.39 Å². The zero-order chi connectivity index (χ0) is 16.1. The summed E-state index contributed by atoms with van der Waals surface area (Å²) in [7, 11) is 1.57. The summed E-state index contributed by atoms with van der Waals surface area (Å²) < 4.78 is 23.9. The van der Waals surface area contributed by atoms with E-state index in [2.05, 4.69) is 0 Å². The molecule has 0 bridgehead atoms. The monoisotopic (exact) mass is 323 g/mol. The number of ether oxygens (including phenoxy) is 2. The molecule has 0 amide bonds. The molecule has 2 aromatic carbocycles. The molecule has 22 heavy (non-hydrogen) atoms. The maximum Gasteiger partial charge on any atom is 0.311 e. The number of nitro groups is 1. The first-order valence-electron chi connectivity index (χ1n) is 6.32. The van der Waals surface area contributed by atoms with E-state index in [4.69, 9.17) is 9.47 Å². The Hall–Kier alpha value is -2.28. The molecular formula is C15H14FNO4S. The molecule has 116 valence electrons. The predicted molar refractivity (Wildman–Crippen MR) is 82.2 cm³/mol. The van der Waals surface area contributed by atoms with Gasteiger partial charge in [0, 0.05) is 17.0 Å². The van der Waals surface area contributed by atoms with E-state index in [1.807, 2.05) is 18.4 Å². The molecule has 0 heterocycles. The fourth-order valence-corrected chi connectivity index (χ4v) is 2.43. The van der Waals surface area contributed by atoms with Gasteiger partial charge in [0.15, 0.2) is 5.75 Å². The summed E-state index contributed by atoms with van der Waals surface area (Å²) in [6.45, 7) is 0.0787. The van der Waals surface area contributed by atoms with Crippen molar-refractivity contribution in [3.63, 3.8) is 0 Å². The SMILES string of the molecule is COc1cc(COc2cc(F)ccc2[N+](=O)[O-])ccc1SC. The Kier molecular flexibility index (Phi) is 5.21. The van der Waals surface area contributed by atoms with Crippen LogP contribution in [0.3, 0.4) is 0 Å². The number of rotatable bonds is 6. The van der Waals surface area contributed by atoms with Gasteiger partial charge in [-0.3, -0.25) is 10.1 Å². The normalized spacial score (nSPS) is 10.3. The maximum absolute atomic E-state index is 13.2. The van der Waals surface area contributed by atoms with Crippen molar-refractivity contribution < 1.29 is 18.8 Å². The number of thioether (sulfide) groups is 1. The second-order valence-corrected chi connectivity index (χ2v) is 5.20. The van der Waals surface area contributed by atoms with Crippen molar-refractivity contribution in [2.75, 3.05) is 13.4 Å². The molecule has 0 aliphatic heterocycles. The Balaban J connectivity index is 2.20. The molecule has 7 heteroatoms. The van der Waals surface area contributed by atoms with Gasteiger partial charge in [-0.05, 0) is 30.0 Å². The minimum Gasteiger partial charge on any atom is -0.496 e. The van der Waals surface area contributed by atoms with Crippen LogP contribution in [0.5, 0.6) is 11.5 Å². The Morgan fingerprint density at radius 2 is 2.00 bits per heavy atom. The van der Waals surface area contributed by atoms with Crippen LogP contribution in [0.1, 0.15) is 5.56 Å². The van der Waals surface area contributed by atoms with Crippen molar-refractivity contribution >= 4 is 17.4 Å². The molecular weight excluding hydrogens is 309 g/mol. The van der Waals surface area contributed by atoms with Crippen LogP contribution in [0.2, 0.25) is 0 Å². The number of halogens is 1. The van der Waals surface area contributed by atoms with Crippen LogP contribution in [0, 0.1) is 15.9 Å². The Bertz CT molecular complexity index is 693. The second kappa shape index (κ2) is 7.13. The molecule has 0 saturated heterocycles. The first kappa shape index (κ1) is 16.1. The number of benzene rings is 2. The van der Waals surface area contributed by atoms with E-state index in [-0.39, 0.29) is 18.0 Å². The maximum atomic E-state index is 13.2. The van der Waals surface area contributed by atoms with Crippen LogP contribution in [0.25, 0.3) is 0 Å². The van der Waals surface area contributed by atoms with Crippen molar-refractivity contribution in [1.82, 2.24) is 0 Å². The van der Waals surface area contributed by atoms with Gasteiger partial charge in [0.25, 0.3) is 0 Å². The van der Waals surface area contributed by atoms with Gasteiger partial charge < -0.3 is 9.47 Å². The van der Waals surface area contributed by atoms with E-state index in [1.165, 1.54) is 0 Å².